The maximum absolute atomic E-state index is 10.8. The van der Waals surface area contributed by atoms with Gasteiger partial charge in [-0.25, -0.2) is 0 Å². The van der Waals surface area contributed by atoms with Crippen LogP contribution in [-0.4, -0.2) is 5.97 Å². The van der Waals surface area contributed by atoms with Gasteiger partial charge in [-0.15, -0.1) is 0 Å². The second-order valence-corrected chi connectivity index (χ2v) is 2.83. The Labute approximate surface area is 54.5 Å². The molecule has 0 aromatic rings. The Morgan fingerprint density at radius 1 is 1.56 bits per heavy atom. The predicted octanol–water partition coefficient (Wildman–Crippen LogP) is 1.47. The normalized spacial score (nSPS) is 23.4. The van der Waals surface area contributed by atoms with Crippen LogP contribution in [0.15, 0.2) is 11.8 Å². The van der Waals surface area contributed by atoms with Gasteiger partial charge in [-0.1, -0.05) is 0 Å². The first-order valence-electron chi connectivity index (χ1n) is 2.93. The maximum Gasteiger partial charge on any atom is 0.320 e. The fourth-order valence-electron chi connectivity index (χ4n) is 0.598. The maximum atomic E-state index is 10.8. The number of carbonyl (C=O) groups is 1. The highest BCUT2D eigenvalue weighted by Crippen LogP contribution is 2.32. The molecule has 50 valence electrons. The summed E-state index contributed by atoms with van der Waals surface area (Å²) in [5.41, 5.74) is 0.604. The van der Waals surface area contributed by atoms with Crippen molar-refractivity contribution in [2.24, 2.45) is 5.41 Å². The zero-order valence-electron chi connectivity index (χ0n) is 5.89. The van der Waals surface area contributed by atoms with Crippen molar-refractivity contribution in [3.05, 3.63) is 11.8 Å². The minimum Gasteiger partial charge on any atom is -0.434 e. The lowest BCUT2D eigenvalue weighted by molar-refractivity contribution is -0.142. The molecule has 0 N–H and O–H groups in total. The fraction of sp³-hybridized carbons (Fsp3) is 0.571. The molecule has 1 heterocycles. The standard InChI is InChI=1S/C7H10O2/c1-5-4-9-6(8)7(5,2)3/h4H,1-3H3. The number of esters is 1. The topological polar surface area (TPSA) is 26.3 Å². The highest BCUT2D eigenvalue weighted by molar-refractivity contribution is 5.82. The second kappa shape index (κ2) is 1.59. The molecule has 0 bridgehead atoms. The fourth-order valence-corrected chi connectivity index (χ4v) is 0.598. The molecule has 0 unspecified atom stereocenters. The number of hydrogen-bond acceptors (Lipinski definition) is 2. The zero-order valence-corrected chi connectivity index (χ0v) is 5.89. The third-order valence-corrected chi connectivity index (χ3v) is 1.84. The van der Waals surface area contributed by atoms with Crippen molar-refractivity contribution in [1.29, 1.82) is 0 Å². The van der Waals surface area contributed by atoms with Crippen molar-refractivity contribution in [2.45, 2.75) is 20.8 Å². The molecule has 0 radical (unpaired) electrons. The lowest BCUT2D eigenvalue weighted by Gasteiger charge is -2.12. The van der Waals surface area contributed by atoms with E-state index in [9.17, 15) is 4.79 Å². The Kier molecular flexibility index (Phi) is 1.12. The third kappa shape index (κ3) is 0.745. The molecule has 0 aliphatic carbocycles. The smallest absolute Gasteiger partial charge is 0.320 e. The van der Waals surface area contributed by atoms with Crippen LogP contribution < -0.4 is 0 Å². The summed E-state index contributed by atoms with van der Waals surface area (Å²) in [6, 6.07) is 0. The first kappa shape index (κ1) is 6.33. The SMILES string of the molecule is CC1=COC(=O)C1(C)C. The molecule has 0 amide bonds. The van der Waals surface area contributed by atoms with Crippen LogP contribution in [0.25, 0.3) is 0 Å². The summed E-state index contributed by atoms with van der Waals surface area (Å²) in [5.74, 6) is -0.153. The van der Waals surface area contributed by atoms with Crippen molar-refractivity contribution in [3.63, 3.8) is 0 Å². The summed E-state index contributed by atoms with van der Waals surface area (Å²) in [6.45, 7) is 5.60. The van der Waals surface area contributed by atoms with E-state index in [1.165, 1.54) is 6.26 Å². The van der Waals surface area contributed by atoms with Crippen LogP contribution in [0, 0.1) is 5.41 Å². The largest absolute Gasteiger partial charge is 0.434 e. The van der Waals surface area contributed by atoms with Gasteiger partial charge in [0.15, 0.2) is 0 Å². The van der Waals surface area contributed by atoms with Gasteiger partial charge < -0.3 is 4.74 Å². The van der Waals surface area contributed by atoms with Crippen LogP contribution in [0.5, 0.6) is 0 Å². The Bertz CT molecular complexity index is 177. The lowest BCUT2D eigenvalue weighted by Crippen LogP contribution is -2.20. The molecule has 0 saturated heterocycles. The van der Waals surface area contributed by atoms with Crippen LogP contribution in [0.4, 0.5) is 0 Å². The first-order valence-corrected chi connectivity index (χ1v) is 2.93. The van der Waals surface area contributed by atoms with Crippen LogP contribution >= 0.6 is 0 Å². The molecule has 0 atom stereocenters. The van der Waals surface area contributed by atoms with Gasteiger partial charge in [0.05, 0.1) is 11.7 Å². The highest BCUT2D eigenvalue weighted by atomic mass is 16.5. The van der Waals surface area contributed by atoms with E-state index in [4.69, 9.17) is 0 Å². The van der Waals surface area contributed by atoms with E-state index in [1.54, 1.807) is 0 Å². The third-order valence-electron chi connectivity index (χ3n) is 1.84. The number of ether oxygens (including phenoxy) is 1. The van der Waals surface area contributed by atoms with Crippen molar-refractivity contribution >= 4 is 5.97 Å². The molecule has 1 aliphatic heterocycles. The summed E-state index contributed by atoms with van der Waals surface area (Å²) in [4.78, 5) is 10.8. The van der Waals surface area contributed by atoms with Gasteiger partial charge in [-0.05, 0) is 26.3 Å². The summed E-state index contributed by atoms with van der Waals surface area (Å²) in [6.07, 6.45) is 1.52. The lowest BCUT2D eigenvalue weighted by atomic mass is 9.88. The summed E-state index contributed by atoms with van der Waals surface area (Å²) in [5, 5.41) is 0. The van der Waals surface area contributed by atoms with Gasteiger partial charge >= 0.3 is 5.97 Å². The number of carbonyl (C=O) groups excluding carboxylic acids is 1. The molecule has 0 spiro atoms. The molecule has 2 heteroatoms. The molecule has 0 saturated carbocycles. The summed E-state index contributed by atoms with van der Waals surface area (Å²) in [7, 11) is 0. The van der Waals surface area contributed by atoms with E-state index in [-0.39, 0.29) is 11.4 Å². The minimum atomic E-state index is -0.389. The molecule has 1 aliphatic rings. The highest BCUT2D eigenvalue weighted by Gasteiger charge is 2.35. The number of rotatable bonds is 0. The first-order chi connectivity index (χ1) is 4.05. The van der Waals surface area contributed by atoms with E-state index < -0.39 is 0 Å². The summed E-state index contributed by atoms with van der Waals surface area (Å²) < 4.78 is 4.68. The van der Waals surface area contributed by atoms with Crippen molar-refractivity contribution in [3.8, 4) is 0 Å². The minimum absolute atomic E-state index is 0.153. The molecule has 0 aromatic carbocycles. The van der Waals surface area contributed by atoms with Gasteiger partial charge in [-0.3, -0.25) is 4.79 Å². The van der Waals surface area contributed by atoms with Gasteiger partial charge in [0, 0.05) is 0 Å². The number of cyclic esters (lactones) is 1. The summed E-state index contributed by atoms with van der Waals surface area (Å²) >= 11 is 0. The van der Waals surface area contributed by atoms with Gasteiger partial charge in [-0.2, -0.15) is 0 Å². The molecule has 1 rings (SSSR count). The van der Waals surface area contributed by atoms with E-state index in [1.807, 2.05) is 20.8 Å². The van der Waals surface area contributed by atoms with Crippen LogP contribution in [-0.2, 0) is 9.53 Å². The van der Waals surface area contributed by atoms with Crippen LogP contribution in [0.1, 0.15) is 20.8 Å². The molecule has 0 fully saturated rings. The second-order valence-electron chi connectivity index (χ2n) is 2.83. The predicted molar refractivity (Wildman–Crippen MR) is 33.6 cm³/mol. The van der Waals surface area contributed by atoms with E-state index in [2.05, 4.69) is 4.74 Å². The quantitative estimate of drug-likeness (QED) is 0.459. The molecular formula is C7H10O2. The van der Waals surface area contributed by atoms with Gasteiger partial charge in [0.2, 0.25) is 0 Å². The van der Waals surface area contributed by atoms with Gasteiger partial charge in [0.1, 0.15) is 0 Å². The van der Waals surface area contributed by atoms with Crippen LogP contribution in [0.2, 0.25) is 0 Å². The molecule has 2 nitrogen and oxygen atoms in total. The monoisotopic (exact) mass is 126 g/mol. The van der Waals surface area contributed by atoms with Crippen molar-refractivity contribution < 1.29 is 9.53 Å². The van der Waals surface area contributed by atoms with E-state index in [0.717, 1.165) is 5.57 Å². The van der Waals surface area contributed by atoms with Crippen molar-refractivity contribution in [2.75, 3.05) is 0 Å². The zero-order chi connectivity index (χ0) is 7.07. The average Bonchev–Trinajstić information content (AvgIpc) is 1.96. The van der Waals surface area contributed by atoms with Gasteiger partial charge in [0.25, 0.3) is 0 Å². The number of hydrogen-bond donors (Lipinski definition) is 0. The molecule has 9 heavy (non-hydrogen) atoms. The molecule has 0 aromatic heterocycles. The Morgan fingerprint density at radius 2 is 2.11 bits per heavy atom. The van der Waals surface area contributed by atoms with Crippen molar-refractivity contribution in [1.82, 2.24) is 0 Å². The molecular weight excluding hydrogens is 116 g/mol. The van der Waals surface area contributed by atoms with E-state index >= 15 is 0 Å². The average molecular weight is 126 g/mol. The van der Waals surface area contributed by atoms with Crippen LogP contribution in [0.3, 0.4) is 0 Å². The van der Waals surface area contributed by atoms with E-state index in [0.29, 0.717) is 0 Å². The Hall–Kier alpha value is -0.790. The Balaban J connectivity index is 2.93. The Morgan fingerprint density at radius 3 is 2.22 bits per heavy atom.